The molecule has 2 rings (SSSR count). The van der Waals surface area contributed by atoms with E-state index >= 15 is 0 Å². The van der Waals surface area contributed by atoms with Gasteiger partial charge in [0.25, 0.3) is 0 Å². The molecule has 0 radical (unpaired) electrons. The standard InChI is InChI=1S/C9H17NO2/c1-9(2,3)8-11-6-4-10-5-7(6)12-8/h6-8,10H,4-5H2,1-3H3. The largest absolute Gasteiger partial charge is 0.345 e. The smallest absolute Gasteiger partial charge is 0.163 e. The van der Waals surface area contributed by atoms with Crippen LogP contribution in [-0.2, 0) is 9.47 Å². The first kappa shape index (κ1) is 8.48. The summed E-state index contributed by atoms with van der Waals surface area (Å²) in [4.78, 5) is 0. The van der Waals surface area contributed by atoms with Crippen molar-refractivity contribution in [3.8, 4) is 0 Å². The van der Waals surface area contributed by atoms with Gasteiger partial charge in [-0.15, -0.1) is 0 Å². The van der Waals surface area contributed by atoms with Crippen molar-refractivity contribution in [1.29, 1.82) is 0 Å². The van der Waals surface area contributed by atoms with Gasteiger partial charge in [-0.05, 0) is 0 Å². The van der Waals surface area contributed by atoms with Gasteiger partial charge in [0.2, 0.25) is 0 Å². The maximum atomic E-state index is 5.77. The molecular weight excluding hydrogens is 154 g/mol. The average molecular weight is 171 g/mol. The number of ether oxygens (including phenoxy) is 2. The molecule has 3 nitrogen and oxygen atoms in total. The highest BCUT2D eigenvalue weighted by Crippen LogP contribution is 2.33. The monoisotopic (exact) mass is 171 g/mol. The molecule has 1 N–H and O–H groups in total. The number of fused-ring (bicyclic) bond motifs is 1. The maximum Gasteiger partial charge on any atom is 0.163 e. The van der Waals surface area contributed by atoms with Gasteiger partial charge in [-0.3, -0.25) is 0 Å². The van der Waals surface area contributed by atoms with Crippen LogP contribution < -0.4 is 5.32 Å². The molecule has 0 aromatic carbocycles. The fourth-order valence-electron chi connectivity index (χ4n) is 1.66. The quantitative estimate of drug-likeness (QED) is 0.583. The van der Waals surface area contributed by atoms with Crippen molar-refractivity contribution in [1.82, 2.24) is 5.32 Å². The molecule has 2 aliphatic rings. The Hall–Kier alpha value is -0.120. The highest BCUT2D eigenvalue weighted by Gasteiger charge is 2.43. The van der Waals surface area contributed by atoms with Gasteiger partial charge in [0.1, 0.15) is 12.2 Å². The van der Waals surface area contributed by atoms with Crippen molar-refractivity contribution < 1.29 is 9.47 Å². The van der Waals surface area contributed by atoms with Crippen LogP contribution in [0.5, 0.6) is 0 Å². The average Bonchev–Trinajstić information content (AvgIpc) is 2.37. The van der Waals surface area contributed by atoms with Crippen LogP contribution in [0.1, 0.15) is 20.8 Å². The van der Waals surface area contributed by atoms with Crippen molar-refractivity contribution in [2.24, 2.45) is 5.41 Å². The Balaban J connectivity index is 1.99. The predicted molar refractivity (Wildman–Crippen MR) is 45.9 cm³/mol. The lowest BCUT2D eigenvalue weighted by molar-refractivity contribution is -0.134. The third-order valence-electron chi connectivity index (χ3n) is 2.41. The zero-order valence-corrected chi connectivity index (χ0v) is 7.96. The zero-order valence-electron chi connectivity index (χ0n) is 7.96. The summed E-state index contributed by atoms with van der Waals surface area (Å²) >= 11 is 0. The SMILES string of the molecule is CC(C)(C)C1OC2CNCC2O1. The molecule has 2 aliphatic heterocycles. The molecule has 2 unspecified atom stereocenters. The minimum absolute atomic E-state index is 0.0189. The highest BCUT2D eigenvalue weighted by atomic mass is 16.7. The Labute approximate surface area is 73.4 Å². The molecule has 0 aromatic rings. The third-order valence-corrected chi connectivity index (χ3v) is 2.41. The summed E-state index contributed by atoms with van der Waals surface area (Å²) in [6, 6.07) is 0. The van der Waals surface area contributed by atoms with E-state index in [0.29, 0.717) is 0 Å². The molecule has 0 spiro atoms. The predicted octanol–water partition coefficient (Wildman–Crippen LogP) is 0.746. The Morgan fingerprint density at radius 2 is 1.58 bits per heavy atom. The van der Waals surface area contributed by atoms with E-state index in [4.69, 9.17) is 9.47 Å². The topological polar surface area (TPSA) is 30.5 Å². The van der Waals surface area contributed by atoms with Crippen molar-refractivity contribution in [3.63, 3.8) is 0 Å². The van der Waals surface area contributed by atoms with E-state index < -0.39 is 0 Å². The number of hydrogen-bond donors (Lipinski definition) is 1. The fraction of sp³-hybridized carbons (Fsp3) is 1.00. The van der Waals surface area contributed by atoms with E-state index in [0.717, 1.165) is 13.1 Å². The lowest BCUT2D eigenvalue weighted by Crippen LogP contribution is -2.30. The van der Waals surface area contributed by atoms with Crippen LogP contribution in [0.3, 0.4) is 0 Å². The minimum Gasteiger partial charge on any atom is -0.345 e. The van der Waals surface area contributed by atoms with E-state index in [1.165, 1.54) is 0 Å². The molecule has 2 saturated heterocycles. The second-order valence-electron chi connectivity index (χ2n) is 4.71. The van der Waals surface area contributed by atoms with E-state index in [1.54, 1.807) is 0 Å². The van der Waals surface area contributed by atoms with Crippen molar-refractivity contribution in [2.75, 3.05) is 13.1 Å². The molecule has 70 valence electrons. The lowest BCUT2D eigenvalue weighted by Gasteiger charge is -2.25. The number of hydrogen-bond acceptors (Lipinski definition) is 3. The second kappa shape index (κ2) is 2.69. The van der Waals surface area contributed by atoms with Gasteiger partial charge in [-0.25, -0.2) is 0 Å². The van der Waals surface area contributed by atoms with E-state index in [-0.39, 0.29) is 23.9 Å². The van der Waals surface area contributed by atoms with E-state index in [9.17, 15) is 0 Å². The van der Waals surface area contributed by atoms with Crippen LogP contribution in [-0.4, -0.2) is 31.6 Å². The first-order chi connectivity index (χ1) is 5.57. The van der Waals surface area contributed by atoms with Crippen LogP contribution in [0.4, 0.5) is 0 Å². The van der Waals surface area contributed by atoms with E-state index in [1.807, 2.05) is 0 Å². The summed E-state index contributed by atoms with van der Waals surface area (Å²) in [5.74, 6) is 0. The molecule has 0 bridgehead atoms. The van der Waals surface area contributed by atoms with Gasteiger partial charge >= 0.3 is 0 Å². The van der Waals surface area contributed by atoms with Gasteiger partial charge < -0.3 is 14.8 Å². The molecular formula is C9H17NO2. The lowest BCUT2D eigenvalue weighted by atomic mass is 9.96. The highest BCUT2D eigenvalue weighted by molar-refractivity contribution is 4.89. The van der Waals surface area contributed by atoms with Gasteiger partial charge in [0, 0.05) is 18.5 Å². The summed E-state index contributed by atoms with van der Waals surface area (Å²) in [5.41, 5.74) is 0.102. The van der Waals surface area contributed by atoms with Gasteiger partial charge in [-0.2, -0.15) is 0 Å². The van der Waals surface area contributed by atoms with Gasteiger partial charge in [0.15, 0.2) is 6.29 Å². The van der Waals surface area contributed by atoms with Crippen molar-refractivity contribution in [2.45, 2.75) is 39.3 Å². The maximum absolute atomic E-state index is 5.77. The fourth-order valence-corrected chi connectivity index (χ4v) is 1.66. The summed E-state index contributed by atoms with van der Waals surface area (Å²) in [6.45, 7) is 8.32. The number of rotatable bonds is 0. The van der Waals surface area contributed by atoms with Crippen LogP contribution >= 0.6 is 0 Å². The zero-order chi connectivity index (χ0) is 8.77. The summed E-state index contributed by atoms with van der Waals surface area (Å²) in [5, 5.41) is 3.25. The molecule has 0 aliphatic carbocycles. The molecule has 0 amide bonds. The second-order valence-corrected chi connectivity index (χ2v) is 4.71. The summed E-state index contributed by atoms with van der Waals surface area (Å²) in [7, 11) is 0. The first-order valence-corrected chi connectivity index (χ1v) is 4.59. The van der Waals surface area contributed by atoms with Crippen LogP contribution in [0, 0.1) is 5.41 Å². The Morgan fingerprint density at radius 3 is 2.00 bits per heavy atom. The molecule has 0 saturated carbocycles. The van der Waals surface area contributed by atoms with Gasteiger partial charge in [0.05, 0.1) is 0 Å². The first-order valence-electron chi connectivity index (χ1n) is 4.59. The molecule has 0 aromatic heterocycles. The third kappa shape index (κ3) is 1.37. The molecule has 2 atom stereocenters. The number of nitrogens with one attached hydrogen (secondary N) is 1. The molecule has 3 heteroatoms. The van der Waals surface area contributed by atoms with Crippen molar-refractivity contribution >= 4 is 0 Å². The summed E-state index contributed by atoms with van der Waals surface area (Å²) in [6.07, 6.45) is 0.554. The van der Waals surface area contributed by atoms with E-state index in [2.05, 4.69) is 26.1 Å². The normalized spacial score (nSPS) is 41.8. The van der Waals surface area contributed by atoms with Crippen LogP contribution in [0.15, 0.2) is 0 Å². The molecule has 12 heavy (non-hydrogen) atoms. The van der Waals surface area contributed by atoms with Crippen LogP contribution in [0.25, 0.3) is 0 Å². The summed E-state index contributed by atoms with van der Waals surface area (Å²) < 4.78 is 11.5. The Morgan fingerprint density at radius 1 is 1.08 bits per heavy atom. The van der Waals surface area contributed by atoms with Crippen LogP contribution in [0.2, 0.25) is 0 Å². The molecule has 2 fully saturated rings. The van der Waals surface area contributed by atoms with Gasteiger partial charge in [-0.1, -0.05) is 20.8 Å². The minimum atomic E-state index is -0.0189. The Bertz CT molecular complexity index is 164. The molecule has 2 heterocycles. The van der Waals surface area contributed by atoms with Crippen molar-refractivity contribution in [3.05, 3.63) is 0 Å². The Kier molecular flexibility index (Phi) is 1.90.